The van der Waals surface area contributed by atoms with Gasteiger partial charge in [-0.05, 0) is 36.2 Å². The summed E-state index contributed by atoms with van der Waals surface area (Å²) in [5.74, 6) is 0.422. The first-order valence-corrected chi connectivity index (χ1v) is 7.72. The van der Waals surface area contributed by atoms with Crippen LogP contribution in [0, 0.1) is 11.3 Å². The Hall–Kier alpha value is -1.55. The largest absolute Gasteiger partial charge is 0.445 e. The van der Waals surface area contributed by atoms with Crippen LogP contribution in [-0.4, -0.2) is 24.4 Å². The topological polar surface area (TPSA) is 58.6 Å². The van der Waals surface area contributed by atoms with Gasteiger partial charge in [-0.2, -0.15) is 0 Å². The van der Waals surface area contributed by atoms with E-state index in [1.165, 1.54) is 6.42 Å². The Bertz CT molecular complexity index is 443. The molecule has 1 atom stereocenters. The molecule has 0 saturated heterocycles. The molecule has 1 aliphatic carbocycles. The van der Waals surface area contributed by atoms with Crippen molar-refractivity contribution in [3.8, 4) is 0 Å². The van der Waals surface area contributed by atoms with Crippen LogP contribution in [-0.2, 0) is 11.3 Å². The van der Waals surface area contributed by atoms with Crippen LogP contribution in [0.1, 0.15) is 38.2 Å². The number of ether oxygens (including phenoxy) is 1. The van der Waals surface area contributed by atoms with Crippen molar-refractivity contribution in [1.29, 1.82) is 0 Å². The molecule has 2 N–H and O–H groups in total. The van der Waals surface area contributed by atoms with Crippen molar-refractivity contribution >= 4 is 6.09 Å². The van der Waals surface area contributed by atoms with Crippen LogP contribution < -0.4 is 5.32 Å². The van der Waals surface area contributed by atoms with Crippen molar-refractivity contribution in [2.24, 2.45) is 11.3 Å². The van der Waals surface area contributed by atoms with Crippen LogP contribution in [0.3, 0.4) is 0 Å². The summed E-state index contributed by atoms with van der Waals surface area (Å²) in [4.78, 5) is 11.8. The number of carbonyl (C=O) groups excluding carboxylic acids is 1. The fourth-order valence-electron chi connectivity index (χ4n) is 3.00. The molecular formula is C17H25NO3. The molecule has 1 fully saturated rings. The smallest absolute Gasteiger partial charge is 0.407 e. The highest BCUT2D eigenvalue weighted by molar-refractivity contribution is 5.67. The van der Waals surface area contributed by atoms with E-state index in [-0.39, 0.29) is 18.1 Å². The molecule has 0 radical (unpaired) electrons. The van der Waals surface area contributed by atoms with Crippen molar-refractivity contribution in [3.63, 3.8) is 0 Å². The zero-order chi connectivity index (χ0) is 15.1. The highest BCUT2D eigenvalue weighted by Crippen LogP contribution is 2.47. The van der Waals surface area contributed by atoms with Crippen LogP contribution in [0.25, 0.3) is 0 Å². The van der Waals surface area contributed by atoms with Crippen molar-refractivity contribution in [1.82, 2.24) is 5.32 Å². The number of hydrogen-bond acceptors (Lipinski definition) is 3. The van der Waals surface area contributed by atoms with Gasteiger partial charge in [0, 0.05) is 13.2 Å². The van der Waals surface area contributed by atoms with E-state index in [4.69, 9.17) is 9.84 Å². The van der Waals surface area contributed by atoms with E-state index in [0.717, 1.165) is 24.8 Å². The fourth-order valence-corrected chi connectivity index (χ4v) is 3.00. The Morgan fingerprint density at radius 1 is 1.38 bits per heavy atom. The molecule has 0 aromatic heterocycles. The average molecular weight is 291 g/mol. The van der Waals surface area contributed by atoms with Crippen molar-refractivity contribution < 1.29 is 14.6 Å². The monoisotopic (exact) mass is 291 g/mol. The molecule has 1 aliphatic rings. The van der Waals surface area contributed by atoms with Crippen molar-refractivity contribution in [3.05, 3.63) is 35.9 Å². The number of amides is 1. The molecule has 2 rings (SSSR count). The predicted octanol–water partition coefficient (Wildman–Crippen LogP) is 3.10. The first-order valence-electron chi connectivity index (χ1n) is 7.72. The molecule has 1 aromatic rings. The number of carbonyl (C=O) groups is 1. The first-order chi connectivity index (χ1) is 10.2. The molecule has 0 aliphatic heterocycles. The van der Waals surface area contributed by atoms with Gasteiger partial charge in [0.25, 0.3) is 0 Å². The van der Waals surface area contributed by atoms with Gasteiger partial charge in [-0.25, -0.2) is 4.79 Å². The van der Waals surface area contributed by atoms with Gasteiger partial charge in [0.15, 0.2) is 0 Å². The molecular weight excluding hydrogens is 266 g/mol. The number of benzene rings is 1. The second-order valence-corrected chi connectivity index (χ2v) is 6.04. The number of hydrogen-bond donors (Lipinski definition) is 2. The van der Waals surface area contributed by atoms with E-state index in [0.29, 0.717) is 19.1 Å². The highest BCUT2D eigenvalue weighted by atomic mass is 16.5. The third kappa shape index (κ3) is 4.21. The van der Waals surface area contributed by atoms with Crippen LogP contribution >= 0.6 is 0 Å². The molecule has 0 bridgehead atoms. The van der Waals surface area contributed by atoms with Gasteiger partial charge in [0.1, 0.15) is 6.61 Å². The van der Waals surface area contributed by atoms with Gasteiger partial charge < -0.3 is 15.2 Å². The summed E-state index contributed by atoms with van der Waals surface area (Å²) in [7, 11) is 0. The second-order valence-electron chi connectivity index (χ2n) is 6.04. The maximum absolute atomic E-state index is 11.8. The Morgan fingerprint density at radius 3 is 2.67 bits per heavy atom. The van der Waals surface area contributed by atoms with E-state index < -0.39 is 0 Å². The Labute approximate surface area is 126 Å². The lowest BCUT2D eigenvalue weighted by Gasteiger charge is -2.46. The Morgan fingerprint density at radius 2 is 2.10 bits per heavy atom. The number of rotatable bonds is 7. The maximum Gasteiger partial charge on any atom is 0.407 e. The summed E-state index contributed by atoms with van der Waals surface area (Å²) in [5.41, 5.74) is 1.13. The third-order valence-corrected chi connectivity index (χ3v) is 4.75. The zero-order valence-corrected chi connectivity index (χ0v) is 12.7. The molecule has 0 heterocycles. The Kier molecular flexibility index (Phi) is 5.62. The average Bonchev–Trinajstić information content (AvgIpc) is 2.45. The second kappa shape index (κ2) is 7.46. The molecule has 116 valence electrons. The molecule has 1 unspecified atom stereocenters. The van der Waals surface area contributed by atoms with Gasteiger partial charge in [-0.3, -0.25) is 0 Å². The van der Waals surface area contributed by atoms with Crippen LogP contribution in [0.5, 0.6) is 0 Å². The minimum absolute atomic E-state index is 0.147. The van der Waals surface area contributed by atoms with Gasteiger partial charge in [-0.1, -0.05) is 43.7 Å². The van der Waals surface area contributed by atoms with E-state index in [1.807, 2.05) is 30.3 Å². The van der Waals surface area contributed by atoms with Crippen molar-refractivity contribution in [2.45, 2.75) is 39.2 Å². The predicted molar refractivity (Wildman–Crippen MR) is 81.8 cm³/mol. The van der Waals surface area contributed by atoms with E-state index in [2.05, 4.69) is 12.2 Å². The highest BCUT2D eigenvalue weighted by Gasteiger charge is 2.41. The summed E-state index contributed by atoms with van der Waals surface area (Å²) in [5, 5.41) is 12.0. The number of nitrogens with one attached hydrogen (secondary N) is 1. The van der Waals surface area contributed by atoms with E-state index >= 15 is 0 Å². The molecule has 21 heavy (non-hydrogen) atoms. The zero-order valence-electron chi connectivity index (χ0n) is 12.7. The summed E-state index contributed by atoms with van der Waals surface area (Å²) < 4.78 is 5.23. The molecule has 1 amide bonds. The van der Waals surface area contributed by atoms with E-state index in [9.17, 15) is 4.79 Å². The van der Waals surface area contributed by atoms with Gasteiger partial charge >= 0.3 is 6.09 Å². The van der Waals surface area contributed by atoms with Crippen molar-refractivity contribution in [2.75, 3.05) is 13.2 Å². The van der Waals surface area contributed by atoms with Crippen LogP contribution in [0.2, 0.25) is 0 Å². The number of aliphatic hydroxyl groups excluding tert-OH is 1. The van der Waals surface area contributed by atoms with Crippen LogP contribution in [0.4, 0.5) is 4.79 Å². The standard InChI is InChI=1S/C17H25NO3/c1-14(8-11-19)17(9-5-10-17)13-18-16(20)21-12-15-6-3-2-4-7-15/h2-4,6-7,14,19H,5,8-13H2,1H3,(H,18,20). The molecule has 1 saturated carbocycles. The summed E-state index contributed by atoms with van der Waals surface area (Å²) in [6, 6.07) is 9.66. The molecule has 4 heteroatoms. The normalized spacial score (nSPS) is 17.6. The lowest BCUT2D eigenvalue weighted by atomic mass is 9.61. The quantitative estimate of drug-likeness (QED) is 0.811. The lowest BCUT2D eigenvalue weighted by molar-refractivity contribution is 0.0404. The van der Waals surface area contributed by atoms with Crippen LogP contribution in [0.15, 0.2) is 30.3 Å². The number of alkyl carbamates (subject to hydrolysis) is 1. The minimum Gasteiger partial charge on any atom is -0.445 e. The first kappa shape index (κ1) is 15.8. The summed E-state index contributed by atoms with van der Waals surface area (Å²) >= 11 is 0. The summed E-state index contributed by atoms with van der Waals surface area (Å²) in [6.45, 7) is 3.31. The third-order valence-electron chi connectivity index (χ3n) is 4.75. The molecule has 4 nitrogen and oxygen atoms in total. The summed E-state index contributed by atoms with van der Waals surface area (Å²) in [6.07, 6.45) is 3.87. The van der Waals surface area contributed by atoms with E-state index in [1.54, 1.807) is 0 Å². The molecule has 1 aromatic carbocycles. The molecule has 0 spiro atoms. The lowest BCUT2D eigenvalue weighted by Crippen LogP contribution is -2.46. The Balaban J connectivity index is 1.75. The minimum atomic E-state index is -0.360. The SMILES string of the molecule is CC(CCO)C1(CNC(=O)OCc2ccccc2)CCC1. The number of aliphatic hydroxyl groups is 1. The fraction of sp³-hybridized carbons (Fsp3) is 0.588. The van der Waals surface area contributed by atoms with Gasteiger partial charge in [0.2, 0.25) is 0 Å². The maximum atomic E-state index is 11.8. The van der Waals surface area contributed by atoms with Gasteiger partial charge in [0.05, 0.1) is 0 Å². The van der Waals surface area contributed by atoms with Gasteiger partial charge in [-0.15, -0.1) is 0 Å².